The molecule has 2 aliphatic rings. The zero-order chi connectivity index (χ0) is 12.7. The number of aliphatic imine (C=N–C) groups is 1. The Kier molecular flexibility index (Phi) is 2.44. The van der Waals surface area contributed by atoms with Crippen molar-refractivity contribution in [2.24, 2.45) is 4.99 Å². The van der Waals surface area contributed by atoms with Crippen LogP contribution in [0.15, 0.2) is 35.3 Å². The highest BCUT2D eigenvalue weighted by molar-refractivity contribution is 6.03. The van der Waals surface area contributed by atoms with E-state index in [1.807, 2.05) is 23.2 Å². The van der Waals surface area contributed by atoms with E-state index in [4.69, 9.17) is 4.74 Å². The summed E-state index contributed by atoms with van der Waals surface area (Å²) >= 11 is 0. The van der Waals surface area contributed by atoms with E-state index in [1.54, 1.807) is 13.2 Å². The molecule has 1 amide bonds. The molecule has 0 N–H and O–H groups in total. The van der Waals surface area contributed by atoms with E-state index in [-0.39, 0.29) is 11.9 Å². The number of benzene rings is 1. The summed E-state index contributed by atoms with van der Waals surface area (Å²) in [5.74, 6) is 0.679. The summed E-state index contributed by atoms with van der Waals surface area (Å²) in [6.07, 6.45) is 2.65. The van der Waals surface area contributed by atoms with Gasteiger partial charge in [0.1, 0.15) is 5.75 Å². The first-order chi connectivity index (χ1) is 8.69. The van der Waals surface area contributed by atoms with Crippen molar-refractivity contribution in [2.75, 3.05) is 13.7 Å². The molecule has 1 saturated heterocycles. The molecule has 1 aromatic rings. The molecular formula is C14H14N2O2. The third kappa shape index (κ3) is 1.61. The molecule has 0 radical (unpaired) electrons. The normalized spacial score (nSPS) is 21.6. The van der Waals surface area contributed by atoms with E-state index in [1.165, 1.54) is 0 Å². The largest absolute Gasteiger partial charge is 0.497 e. The average molecular weight is 242 g/mol. The third-order valence-corrected chi connectivity index (χ3v) is 3.37. The van der Waals surface area contributed by atoms with Crippen LogP contribution in [0, 0.1) is 0 Å². The predicted molar refractivity (Wildman–Crippen MR) is 69.7 cm³/mol. The molecule has 4 nitrogen and oxygen atoms in total. The SMILES string of the molecule is C=C1CC2C=Nc3ccc(OC)cc3C(=O)N2C1. The minimum Gasteiger partial charge on any atom is -0.497 e. The van der Waals surface area contributed by atoms with Gasteiger partial charge in [-0.1, -0.05) is 12.2 Å². The Bertz CT molecular complexity index is 563. The van der Waals surface area contributed by atoms with E-state index in [9.17, 15) is 4.79 Å². The zero-order valence-corrected chi connectivity index (χ0v) is 10.2. The second-order valence-corrected chi connectivity index (χ2v) is 4.62. The average Bonchev–Trinajstić information content (AvgIpc) is 2.71. The maximum Gasteiger partial charge on any atom is 0.257 e. The van der Waals surface area contributed by atoms with Crippen LogP contribution in [0.3, 0.4) is 0 Å². The second kappa shape index (κ2) is 3.98. The zero-order valence-electron chi connectivity index (χ0n) is 10.2. The fraction of sp³-hybridized carbons (Fsp3) is 0.286. The smallest absolute Gasteiger partial charge is 0.257 e. The van der Waals surface area contributed by atoms with Crippen molar-refractivity contribution in [3.63, 3.8) is 0 Å². The van der Waals surface area contributed by atoms with Crippen LogP contribution in [0.5, 0.6) is 5.75 Å². The van der Waals surface area contributed by atoms with Crippen LogP contribution in [-0.4, -0.2) is 36.7 Å². The number of hydrogen-bond donors (Lipinski definition) is 0. The fourth-order valence-electron chi connectivity index (χ4n) is 2.43. The molecule has 1 aromatic carbocycles. The highest BCUT2D eigenvalue weighted by Crippen LogP contribution is 2.32. The maximum absolute atomic E-state index is 12.5. The quantitative estimate of drug-likeness (QED) is 0.708. The summed E-state index contributed by atoms with van der Waals surface area (Å²) in [5.41, 5.74) is 2.38. The Morgan fingerprint density at radius 3 is 3.11 bits per heavy atom. The molecule has 18 heavy (non-hydrogen) atoms. The Hall–Kier alpha value is -2.10. The van der Waals surface area contributed by atoms with Gasteiger partial charge in [0.15, 0.2) is 0 Å². The van der Waals surface area contributed by atoms with Gasteiger partial charge in [0.2, 0.25) is 0 Å². The van der Waals surface area contributed by atoms with Gasteiger partial charge in [0, 0.05) is 12.8 Å². The Morgan fingerprint density at radius 2 is 2.33 bits per heavy atom. The predicted octanol–water partition coefficient (Wildman–Crippen LogP) is 2.18. The Balaban J connectivity index is 2.07. The van der Waals surface area contributed by atoms with Crippen LogP contribution in [0.2, 0.25) is 0 Å². The summed E-state index contributed by atoms with van der Waals surface area (Å²) in [7, 11) is 1.59. The number of carbonyl (C=O) groups excluding carboxylic acids is 1. The summed E-state index contributed by atoms with van der Waals surface area (Å²) in [4.78, 5) is 18.7. The van der Waals surface area contributed by atoms with Crippen molar-refractivity contribution in [3.8, 4) is 5.75 Å². The van der Waals surface area contributed by atoms with Crippen LogP contribution in [-0.2, 0) is 0 Å². The van der Waals surface area contributed by atoms with Crippen LogP contribution in [0.4, 0.5) is 5.69 Å². The Labute approximate surface area is 106 Å². The molecule has 0 aromatic heterocycles. The summed E-state index contributed by atoms with van der Waals surface area (Å²) in [6, 6.07) is 5.43. The second-order valence-electron chi connectivity index (χ2n) is 4.62. The fourth-order valence-corrected chi connectivity index (χ4v) is 2.43. The minimum absolute atomic E-state index is 0.00468. The molecule has 92 valence electrons. The lowest BCUT2D eigenvalue weighted by Crippen LogP contribution is -2.35. The molecule has 2 aliphatic heterocycles. The lowest BCUT2D eigenvalue weighted by atomic mass is 10.1. The highest BCUT2D eigenvalue weighted by atomic mass is 16.5. The van der Waals surface area contributed by atoms with Crippen molar-refractivity contribution >= 4 is 17.8 Å². The number of amides is 1. The summed E-state index contributed by atoms with van der Waals surface area (Å²) in [6.45, 7) is 4.57. The van der Waals surface area contributed by atoms with E-state index in [0.717, 1.165) is 12.0 Å². The van der Waals surface area contributed by atoms with Gasteiger partial charge in [-0.05, 0) is 24.6 Å². The molecule has 0 spiro atoms. The number of methoxy groups -OCH3 is 1. The summed E-state index contributed by atoms with van der Waals surface area (Å²) in [5, 5.41) is 0. The molecule has 1 atom stereocenters. The number of ether oxygens (including phenoxy) is 1. The lowest BCUT2D eigenvalue weighted by molar-refractivity contribution is 0.0777. The molecule has 1 fully saturated rings. The van der Waals surface area contributed by atoms with Gasteiger partial charge in [-0.3, -0.25) is 9.79 Å². The monoisotopic (exact) mass is 242 g/mol. The maximum atomic E-state index is 12.5. The van der Waals surface area contributed by atoms with Crippen molar-refractivity contribution in [1.82, 2.24) is 4.90 Å². The van der Waals surface area contributed by atoms with E-state index in [2.05, 4.69) is 11.6 Å². The first-order valence-electron chi connectivity index (χ1n) is 5.89. The van der Waals surface area contributed by atoms with Gasteiger partial charge in [0.05, 0.1) is 24.4 Å². The minimum atomic E-state index is 0.00468. The van der Waals surface area contributed by atoms with E-state index >= 15 is 0 Å². The molecule has 0 bridgehead atoms. The lowest BCUT2D eigenvalue weighted by Gasteiger charge is -2.19. The number of hydrogen-bond acceptors (Lipinski definition) is 3. The standard InChI is InChI=1S/C14H14N2O2/c1-9-5-10-7-15-13-4-3-11(18-2)6-12(13)14(17)16(10)8-9/h3-4,6-7,10H,1,5,8H2,2H3. The molecule has 3 rings (SSSR count). The number of rotatable bonds is 1. The number of nitrogens with zero attached hydrogens (tertiary/aromatic N) is 2. The van der Waals surface area contributed by atoms with Gasteiger partial charge in [-0.25, -0.2) is 0 Å². The molecule has 0 aliphatic carbocycles. The van der Waals surface area contributed by atoms with Crippen LogP contribution >= 0.6 is 0 Å². The van der Waals surface area contributed by atoms with E-state index < -0.39 is 0 Å². The number of carbonyl (C=O) groups is 1. The van der Waals surface area contributed by atoms with Gasteiger partial charge in [0.25, 0.3) is 5.91 Å². The third-order valence-electron chi connectivity index (χ3n) is 3.37. The highest BCUT2D eigenvalue weighted by Gasteiger charge is 2.33. The topological polar surface area (TPSA) is 41.9 Å². The Morgan fingerprint density at radius 1 is 1.50 bits per heavy atom. The first kappa shape index (κ1) is 11.0. The van der Waals surface area contributed by atoms with Crippen molar-refractivity contribution < 1.29 is 9.53 Å². The van der Waals surface area contributed by atoms with Crippen LogP contribution in [0.25, 0.3) is 0 Å². The molecular weight excluding hydrogens is 228 g/mol. The number of fused-ring (bicyclic) bond motifs is 2. The van der Waals surface area contributed by atoms with Gasteiger partial charge in [-0.2, -0.15) is 0 Å². The molecule has 2 heterocycles. The van der Waals surface area contributed by atoms with Crippen LogP contribution in [0.1, 0.15) is 16.8 Å². The van der Waals surface area contributed by atoms with Crippen molar-refractivity contribution in [2.45, 2.75) is 12.5 Å². The van der Waals surface area contributed by atoms with E-state index in [0.29, 0.717) is 23.5 Å². The van der Waals surface area contributed by atoms with Crippen molar-refractivity contribution in [1.29, 1.82) is 0 Å². The first-order valence-corrected chi connectivity index (χ1v) is 5.89. The van der Waals surface area contributed by atoms with Gasteiger partial charge >= 0.3 is 0 Å². The van der Waals surface area contributed by atoms with Crippen molar-refractivity contribution in [3.05, 3.63) is 35.9 Å². The van der Waals surface area contributed by atoms with Gasteiger partial charge in [-0.15, -0.1) is 0 Å². The summed E-state index contributed by atoms with van der Waals surface area (Å²) < 4.78 is 5.16. The molecule has 0 saturated carbocycles. The molecule has 4 heteroatoms. The van der Waals surface area contributed by atoms with Gasteiger partial charge < -0.3 is 9.64 Å². The van der Waals surface area contributed by atoms with Crippen LogP contribution < -0.4 is 4.74 Å². The molecule has 1 unspecified atom stereocenters.